The molecule has 10 heavy (non-hydrogen) atoms. The van der Waals surface area contributed by atoms with E-state index >= 15 is 0 Å². The number of thioether (sulfide) groups is 1. The van der Waals surface area contributed by atoms with Gasteiger partial charge < -0.3 is 5.73 Å². The first-order valence-electron chi connectivity index (χ1n) is 3.13. The Kier molecular flexibility index (Phi) is 2.22. The molecule has 0 radical (unpaired) electrons. The third-order valence-electron chi connectivity index (χ3n) is 1.31. The molecule has 0 atom stereocenters. The molecule has 0 saturated carbocycles. The molecule has 0 aliphatic rings. The van der Waals surface area contributed by atoms with Gasteiger partial charge in [0.05, 0.1) is 0 Å². The molecular formula is C8H11NS. The molecule has 2 heteroatoms. The summed E-state index contributed by atoms with van der Waals surface area (Å²) >= 11 is 1.72. The summed E-state index contributed by atoms with van der Waals surface area (Å²) in [4.78, 5) is 1.23. The first-order valence-corrected chi connectivity index (χ1v) is 4.36. The topological polar surface area (TPSA) is 26.0 Å². The van der Waals surface area contributed by atoms with Crippen molar-refractivity contribution in [2.24, 2.45) is 0 Å². The van der Waals surface area contributed by atoms with Crippen LogP contribution in [0.5, 0.6) is 0 Å². The fraction of sp³-hybridized carbons (Fsp3) is 0.250. The summed E-state index contributed by atoms with van der Waals surface area (Å²) in [7, 11) is 0. The van der Waals surface area contributed by atoms with Crippen molar-refractivity contribution in [3.8, 4) is 0 Å². The lowest BCUT2D eigenvalue weighted by Crippen LogP contribution is -1.85. The molecule has 0 fully saturated rings. The first kappa shape index (κ1) is 7.48. The van der Waals surface area contributed by atoms with Gasteiger partial charge in [0.25, 0.3) is 0 Å². The van der Waals surface area contributed by atoms with Crippen molar-refractivity contribution in [3.05, 3.63) is 23.8 Å². The molecule has 0 heterocycles. The quantitative estimate of drug-likeness (QED) is 0.495. The van der Waals surface area contributed by atoms with Gasteiger partial charge >= 0.3 is 0 Å². The molecular weight excluding hydrogens is 142 g/mol. The number of hydrogen-bond acceptors (Lipinski definition) is 2. The zero-order valence-corrected chi connectivity index (χ0v) is 7.03. The van der Waals surface area contributed by atoms with E-state index in [9.17, 15) is 0 Å². The van der Waals surface area contributed by atoms with Gasteiger partial charge in [-0.25, -0.2) is 0 Å². The molecule has 1 nitrogen and oxygen atoms in total. The average Bonchev–Trinajstić information content (AvgIpc) is 1.85. The molecule has 0 bridgehead atoms. The Hall–Kier alpha value is -0.630. The number of rotatable bonds is 1. The summed E-state index contributed by atoms with van der Waals surface area (Å²) < 4.78 is 0. The van der Waals surface area contributed by atoms with Crippen LogP contribution in [0.3, 0.4) is 0 Å². The van der Waals surface area contributed by atoms with Crippen molar-refractivity contribution < 1.29 is 0 Å². The van der Waals surface area contributed by atoms with Crippen LogP contribution in [-0.4, -0.2) is 6.26 Å². The summed E-state index contributed by atoms with van der Waals surface area (Å²) in [6.45, 7) is 2.05. The summed E-state index contributed by atoms with van der Waals surface area (Å²) in [6, 6.07) is 6.08. The summed E-state index contributed by atoms with van der Waals surface area (Å²) in [6.07, 6.45) is 2.05. The lowest BCUT2D eigenvalue weighted by Gasteiger charge is -1.99. The van der Waals surface area contributed by atoms with Crippen LogP contribution in [0.25, 0.3) is 0 Å². The number of hydrogen-bond donors (Lipinski definition) is 1. The van der Waals surface area contributed by atoms with Crippen LogP contribution in [0.15, 0.2) is 23.1 Å². The normalized spacial score (nSPS) is 9.80. The van der Waals surface area contributed by atoms with Gasteiger partial charge in [-0.3, -0.25) is 0 Å². The predicted octanol–water partition coefficient (Wildman–Crippen LogP) is 2.30. The minimum absolute atomic E-state index is 0.851. The number of anilines is 1. The van der Waals surface area contributed by atoms with Gasteiger partial charge in [0.1, 0.15) is 0 Å². The molecule has 1 rings (SSSR count). The van der Waals surface area contributed by atoms with E-state index in [4.69, 9.17) is 5.73 Å². The van der Waals surface area contributed by atoms with Crippen LogP contribution in [-0.2, 0) is 0 Å². The minimum atomic E-state index is 0.851. The van der Waals surface area contributed by atoms with Crippen LogP contribution in [0.1, 0.15) is 5.56 Å². The van der Waals surface area contributed by atoms with E-state index in [1.807, 2.05) is 18.4 Å². The second kappa shape index (κ2) is 2.97. The predicted molar refractivity (Wildman–Crippen MR) is 47.4 cm³/mol. The molecule has 0 amide bonds. The highest BCUT2D eigenvalue weighted by atomic mass is 32.2. The molecule has 0 aromatic heterocycles. The Morgan fingerprint density at radius 3 is 2.50 bits per heavy atom. The molecule has 1 aromatic rings. The molecule has 0 spiro atoms. The Morgan fingerprint density at radius 1 is 1.30 bits per heavy atom. The zero-order valence-electron chi connectivity index (χ0n) is 6.22. The third-order valence-corrected chi connectivity index (χ3v) is 2.02. The highest BCUT2D eigenvalue weighted by Crippen LogP contribution is 2.19. The van der Waals surface area contributed by atoms with Crippen LogP contribution in [0.2, 0.25) is 0 Å². The van der Waals surface area contributed by atoms with Crippen molar-refractivity contribution in [2.45, 2.75) is 11.8 Å². The fourth-order valence-corrected chi connectivity index (χ4v) is 1.45. The fourth-order valence-electron chi connectivity index (χ4n) is 0.894. The molecule has 1 aromatic carbocycles. The standard InChI is InChI=1S/C8H11NS/c1-6-3-7(9)5-8(4-6)10-2/h3-5H,9H2,1-2H3. The smallest absolute Gasteiger partial charge is 0.0327 e. The lowest BCUT2D eigenvalue weighted by atomic mass is 10.2. The van der Waals surface area contributed by atoms with Crippen LogP contribution in [0.4, 0.5) is 5.69 Å². The minimum Gasteiger partial charge on any atom is -0.399 e. The number of aryl methyl sites for hydroxylation is 1. The van der Waals surface area contributed by atoms with Gasteiger partial charge in [-0.2, -0.15) is 0 Å². The number of nitrogen functional groups attached to an aromatic ring is 1. The van der Waals surface area contributed by atoms with E-state index in [-0.39, 0.29) is 0 Å². The van der Waals surface area contributed by atoms with Crippen molar-refractivity contribution in [2.75, 3.05) is 12.0 Å². The first-order chi connectivity index (χ1) is 4.72. The number of benzene rings is 1. The lowest BCUT2D eigenvalue weighted by molar-refractivity contribution is 1.37. The highest BCUT2D eigenvalue weighted by Gasteiger charge is 1.92. The Bertz CT molecular complexity index is 212. The Labute approximate surface area is 65.6 Å². The van der Waals surface area contributed by atoms with E-state index in [1.165, 1.54) is 10.5 Å². The SMILES string of the molecule is CSc1cc(C)cc(N)c1. The largest absolute Gasteiger partial charge is 0.399 e. The van der Waals surface area contributed by atoms with E-state index in [2.05, 4.69) is 13.0 Å². The van der Waals surface area contributed by atoms with Crippen molar-refractivity contribution in [1.82, 2.24) is 0 Å². The third kappa shape index (κ3) is 1.67. The van der Waals surface area contributed by atoms with Crippen molar-refractivity contribution in [3.63, 3.8) is 0 Å². The summed E-state index contributed by atoms with van der Waals surface area (Å²) in [5.41, 5.74) is 7.70. The highest BCUT2D eigenvalue weighted by molar-refractivity contribution is 7.98. The molecule has 0 aliphatic carbocycles. The molecule has 0 unspecified atom stereocenters. The van der Waals surface area contributed by atoms with Crippen molar-refractivity contribution in [1.29, 1.82) is 0 Å². The summed E-state index contributed by atoms with van der Waals surface area (Å²) in [5.74, 6) is 0. The Morgan fingerprint density at radius 2 is 2.00 bits per heavy atom. The van der Waals surface area contributed by atoms with E-state index in [1.54, 1.807) is 11.8 Å². The number of nitrogens with two attached hydrogens (primary N) is 1. The Balaban J connectivity index is 3.06. The van der Waals surface area contributed by atoms with Gasteiger partial charge in [-0.15, -0.1) is 11.8 Å². The van der Waals surface area contributed by atoms with E-state index < -0.39 is 0 Å². The van der Waals surface area contributed by atoms with Crippen LogP contribution >= 0.6 is 11.8 Å². The monoisotopic (exact) mass is 153 g/mol. The van der Waals surface area contributed by atoms with Crippen LogP contribution in [0, 0.1) is 6.92 Å². The maximum absolute atomic E-state index is 5.62. The summed E-state index contributed by atoms with van der Waals surface area (Å²) in [5, 5.41) is 0. The van der Waals surface area contributed by atoms with Gasteiger partial charge in [0.2, 0.25) is 0 Å². The van der Waals surface area contributed by atoms with Gasteiger partial charge in [0, 0.05) is 10.6 Å². The van der Waals surface area contributed by atoms with E-state index in [0.29, 0.717) is 0 Å². The zero-order chi connectivity index (χ0) is 7.56. The average molecular weight is 153 g/mol. The van der Waals surface area contributed by atoms with Crippen LogP contribution < -0.4 is 5.73 Å². The maximum atomic E-state index is 5.62. The van der Waals surface area contributed by atoms with Crippen molar-refractivity contribution >= 4 is 17.4 Å². The second-order valence-electron chi connectivity index (χ2n) is 2.28. The van der Waals surface area contributed by atoms with E-state index in [0.717, 1.165) is 5.69 Å². The molecule has 0 aliphatic heterocycles. The molecule has 2 N–H and O–H groups in total. The van der Waals surface area contributed by atoms with Gasteiger partial charge in [-0.1, -0.05) is 0 Å². The molecule has 54 valence electrons. The van der Waals surface area contributed by atoms with Gasteiger partial charge in [0.15, 0.2) is 0 Å². The molecule has 0 saturated heterocycles. The van der Waals surface area contributed by atoms with Gasteiger partial charge in [-0.05, 0) is 36.9 Å². The second-order valence-corrected chi connectivity index (χ2v) is 3.16. The maximum Gasteiger partial charge on any atom is 0.0327 e.